The summed E-state index contributed by atoms with van der Waals surface area (Å²) in [4.78, 5) is 78.8. The zero-order valence-electron chi connectivity index (χ0n) is 35.5. The fraction of sp³-hybridized carbons (Fsp3) is 0.510. The van der Waals surface area contributed by atoms with E-state index in [9.17, 15) is 24.0 Å². The number of nitrogens with one attached hydrogen (secondary N) is 1. The molecule has 1 unspecified atom stereocenters. The molecule has 3 aromatic carbocycles. The molecule has 5 saturated heterocycles. The van der Waals surface area contributed by atoms with E-state index in [1.807, 2.05) is 47.4 Å². The fourth-order valence-electron chi connectivity index (χ4n) is 12.1. The van der Waals surface area contributed by atoms with E-state index >= 15 is 0 Å². The van der Waals surface area contributed by atoms with E-state index in [-0.39, 0.29) is 35.5 Å². The van der Waals surface area contributed by atoms with Crippen LogP contribution in [0.25, 0.3) is 4.85 Å². The van der Waals surface area contributed by atoms with Crippen LogP contribution in [0.15, 0.2) is 54.6 Å². The maximum absolute atomic E-state index is 13.6. The van der Waals surface area contributed by atoms with E-state index in [2.05, 4.69) is 43.9 Å². The first-order valence-electron chi connectivity index (χ1n) is 22.6. The van der Waals surface area contributed by atoms with Gasteiger partial charge in [0.1, 0.15) is 6.04 Å². The first kappa shape index (κ1) is 40.8. The van der Waals surface area contributed by atoms with Crippen LogP contribution in [-0.4, -0.2) is 109 Å². The number of carbonyl (C=O) groups is 5. The van der Waals surface area contributed by atoms with Crippen LogP contribution in [0.3, 0.4) is 0 Å². The van der Waals surface area contributed by atoms with Gasteiger partial charge in [-0.15, -0.1) is 0 Å². The SMILES string of the molecule is [C-]#[N+]c1ccc(N2CC3(CCN(c4ccc(C(=O)N5CCC(CN6CCC7(CC6)Cc6cc8c(cc6C7)C(=O)N(C6CCC(=O)NC6=O)C8=O)CC5)cc4)CC3)C[C@@H]2C)cc1Cl. The van der Waals surface area contributed by atoms with Gasteiger partial charge in [-0.1, -0.05) is 17.7 Å². The third-order valence-electron chi connectivity index (χ3n) is 15.7. The van der Waals surface area contributed by atoms with Gasteiger partial charge in [0.25, 0.3) is 17.7 Å². The van der Waals surface area contributed by atoms with Crippen LogP contribution in [0, 0.1) is 23.3 Å². The molecule has 322 valence electrons. The molecule has 1 aliphatic carbocycles. The van der Waals surface area contributed by atoms with Crippen LogP contribution in [0.4, 0.5) is 17.1 Å². The summed E-state index contributed by atoms with van der Waals surface area (Å²) >= 11 is 6.40. The molecule has 1 N–H and O–H groups in total. The quantitative estimate of drug-likeness (QED) is 0.210. The Morgan fingerprint density at radius 3 is 2.05 bits per heavy atom. The lowest BCUT2D eigenvalue weighted by Crippen LogP contribution is -2.54. The molecule has 0 radical (unpaired) electrons. The molecule has 3 aromatic rings. The highest BCUT2D eigenvalue weighted by atomic mass is 35.5. The second kappa shape index (κ2) is 15.8. The van der Waals surface area contributed by atoms with Crippen molar-refractivity contribution in [3.8, 4) is 0 Å². The molecule has 2 spiro atoms. The molecule has 7 aliphatic rings. The number of anilines is 2. The minimum absolute atomic E-state index is 0.109. The molecule has 13 heteroatoms. The predicted octanol–water partition coefficient (Wildman–Crippen LogP) is 6.91. The van der Waals surface area contributed by atoms with Crippen molar-refractivity contribution in [2.75, 3.05) is 62.2 Å². The lowest BCUT2D eigenvalue weighted by molar-refractivity contribution is -0.136. The molecule has 6 aliphatic heterocycles. The highest BCUT2D eigenvalue weighted by Crippen LogP contribution is 2.48. The third kappa shape index (κ3) is 7.34. The van der Waals surface area contributed by atoms with Crippen molar-refractivity contribution in [3.05, 3.63) is 98.9 Å². The van der Waals surface area contributed by atoms with Crippen LogP contribution >= 0.6 is 11.6 Å². The second-order valence-electron chi connectivity index (χ2n) is 19.5. The number of carbonyl (C=O) groups excluding carboxylic acids is 5. The summed E-state index contributed by atoms with van der Waals surface area (Å²) in [7, 11) is 0. The van der Waals surface area contributed by atoms with Gasteiger partial charge in [0.2, 0.25) is 17.5 Å². The molecule has 12 nitrogen and oxygen atoms in total. The third-order valence-corrected chi connectivity index (χ3v) is 16.0. The zero-order chi connectivity index (χ0) is 42.9. The number of nitrogens with zero attached hydrogens (tertiary/aromatic N) is 6. The molecular formula is C49H54ClN7O5. The van der Waals surface area contributed by atoms with Crippen molar-refractivity contribution in [2.24, 2.45) is 16.7 Å². The Kier molecular flexibility index (Phi) is 10.4. The smallest absolute Gasteiger partial charge is 0.262 e. The fourth-order valence-corrected chi connectivity index (χ4v) is 12.3. The number of hydrogen-bond acceptors (Lipinski definition) is 8. The molecular weight excluding hydrogens is 802 g/mol. The summed E-state index contributed by atoms with van der Waals surface area (Å²) in [6, 6.07) is 17.3. The van der Waals surface area contributed by atoms with Crippen molar-refractivity contribution in [1.29, 1.82) is 0 Å². The van der Waals surface area contributed by atoms with Crippen molar-refractivity contribution >= 4 is 58.2 Å². The number of halogens is 1. The van der Waals surface area contributed by atoms with Gasteiger partial charge in [-0.2, -0.15) is 0 Å². The van der Waals surface area contributed by atoms with E-state index in [0.29, 0.717) is 33.8 Å². The first-order chi connectivity index (χ1) is 29.9. The number of rotatable bonds is 6. The summed E-state index contributed by atoms with van der Waals surface area (Å²) < 4.78 is 0. The molecule has 6 heterocycles. The standard InChI is InChI=1S/C49H54ClN7O5/c1-31-26-49(30-56(31)37-7-8-41(51-2)40(50)25-37)15-21-54(22-16-49)36-5-3-33(4-6-36)45(60)55-17-11-32(12-18-55)29-53-19-13-48(14-20-53)27-34-23-38-39(24-35(34)28-48)47(62)57(46(38)61)42-9-10-43(58)52-44(42)59/h3-8,23-25,31-32,42H,9-22,26-30H2,1H3,(H,52,58,59)/t31-,42?/m0/s1. The van der Waals surface area contributed by atoms with Gasteiger partial charge in [0.15, 0.2) is 0 Å². The van der Waals surface area contributed by atoms with Crippen LogP contribution < -0.4 is 15.1 Å². The molecule has 5 fully saturated rings. The van der Waals surface area contributed by atoms with Crippen molar-refractivity contribution in [1.82, 2.24) is 20.0 Å². The molecule has 62 heavy (non-hydrogen) atoms. The van der Waals surface area contributed by atoms with E-state index < -0.39 is 23.8 Å². The minimum atomic E-state index is -0.948. The summed E-state index contributed by atoms with van der Waals surface area (Å²) in [5.41, 5.74) is 6.95. The molecule has 0 saturated carbocycles. The van der Waals surface area contributed by atoms with Gasteiger partial charge < -0.3 is 19.6 Å². The van der Waals surface area contributed by atoms with Crippen molar-refractivity contribution < 1.29 is 24.0 Å². The van der Waals surface area contributed by atoms with Gasteiger partial charge in [-0.05, 0) is 161 Å². The monoisotopic (exact) mass is 855 g/mol. The number of fused-ring (bicyclic) bond motifs is 2. The first-order valence-corrected chi connectivity index (χ1v) is 23.0. The van der Waals surface area contributed by atoms with E-state index in [1.165, 1.54) is 5.69 Å². The van der Waals surface area contributed by atoms with Crippen molar-refractivity contribution in [3.63, 3.8) is 0 Å². The maximum Gasteiger partial charge on any atom is 0.262 e. The summed E-state index contributed by atoms with van der Waals surface area (Å²) in [6.45, 7) is 17.2. The average molecular weight is 856 g/mol. The largest absolute Gasteiger partial charge is 0.371 e. The Bertz CT molecular complexity index is 2340. The van der Waals surface area contributed by atoms with Gasteiger partial charge in [0, 0.05) is 73.7 Å². The summed E-state index contributed by atoms with van der Waals surface area (Å²) in [5, 5.41) is 2.79. The highest BCUT2D eigenvalue weighted by molar-refractivity contribution is 6.33. The number of amides is 5. The van der Waals surface area contributed by atoms with Crippen LogP contribution in [0.2, 0.25) is 5.02 Å². The number of piperidine rings is 4. The van der Waals surface area contributed by atoms with E-state index in [0.717, 1.165) is 137 Å². The Morgan fingerprint density at radius 2 is 1.44 bits per heavy atom. The molecule has 2 atom stereocenters. The Balaban J connectivity index is 0.672. The highest BCUT2D eigenvalue weighted by Gasteiger charge is 2.48. The lowest BCUT2D eigenvalue weighted by atomic mass is 9.75. The topological polar surface area (TPSA) is 118 Å². The van der Waals surface area contributed by atoms with Crippen LogP contribution in [0.1, 0.15) is 107 Å². The van der Waals surface area contributed by atoms with Gasteiger partial charge in [-0.3, -0.25) is 34.2 Å². The van der Waals surface area contributed by atoms with Crippen LogP contribution in [0.5, 0.6) is 0 Å². The zero-order valence-corrected chi connectivity index (χ0v) is 36.2. The summed E-state index contributed by atoms with van der Waals surface area (Å²) in [6.07, 6.45) is 9.57. The molecule has 0 aromatic heterocycles. The predicted molar refractivity (Wildman–Crippen MR) is 237 cm³/mol. The Labute approximate surface area is 368 Å². The number of benzene rings is 3. The Hall–Kier alpha value is -5.25. The van der Waals surface area contributed by atoms with Crippen molar-refractivity contribution in [2.45, 2.75) is 89.6 Å². The molecule has 5 amide bonds. The number of likely N-dealkylation sites (tertiary alicyclic amines) is 2. The second-order valence-corrected chi connectivity index (χ2v) is 19.9. The lowest BCUT2D eigenvalue weighted by Gasteiger charge is -2.42. The van der Waals surface area contributed by atoms with E-state index in [4.69, 9.17) is 18.2 Å². The number of imide groups is 2. The Morgan fingerprint density at radius 1 is 0.806 bits per heavy atom. The normalized spacial score (nSPS) is 24.8. The van der Waals surface area contributed by atoms with Gasteiger partial charge in [-0.25, -0.2) is 4.85 Å². The maximum atomic E-state index is 13.6. The average Bonchev–Trinajstić information content (AvgIpc) is 3.88. The minimum Gasteiger partial charge on any atom is -0.371 e. The molecule has 10 rings (SSSR count). The van der Waals surface area contributed by atoms with Gasteiger partial charge >= 0.3 is 0 Å². The van der Waals surface area contributed by atoms with Crippen LogP contribution in [-0.2, 0) is 22.4 Å². The molecule has 0 bridgehead atoms. The summed E-state index contributed by atoms with van der Waals surface area (Å²) in [5.74, 6) is -1.16. The van der Waals surface area contributed by atoms with Gasteiger partial charge in [0.05, 0.1) is 17.7 Å². The number of hydrogen-bond donors (Lipinski definition) is 1. The van der Waals surface area contributed by atoms with E-state index in [1.54, 1.807) is 0 Å².